The van der Waals surface area contributed by atoms with Crippen LogP contribution in [-0.2, 0) is 9.53 Å². The molecule has 1 rings (SSSR count). The summed E-state index contributed by atoms with van der Waals surface area (Å²) in [6.07, 6.45) is 5.04. The van der Waals surface area contributed by atoms with Crippen molar-refractivity contribution in [3.8, 4) is 0 Å². The van der Waals surface area contributed by atoms with Crippen molar-refractivity contribution < 1.29 is 14.3 Å². The minimum absolute atomic E-state index is 0.500. The Morgan fingerprint density at radius 1 is 1.26 bits per heavy atom. The molecule has 4 nitrogen and oxygen atoms in total. The Bertz CT molecular complexity index is 529. The number of hydrogen-bond donors (Lipinski definition) is 1. The molecular formula is C19H27NO3. The molecule has 0 aliphatic carbocycles. The van der Waals surface area contributed by atoms with Gasteiger partial charge in [-0.05, 0) is 32.8 Å². The van der Waals surface area contributed by atoms with E-state index in [-0.39, 0.29) is 0 Å². The molecule has 0 aromatic heterocycles. The molecule has 4 heteroatoms. The lowest BCUT2D eigenvalue weighted by molar-refractivity contribution is -0.105. The molecule has 0 aliphatic rings. The van der Waals surface area contributed by atoms with Crippen molar-refractivity contribution in [2.45, 2.75) is 58.6 Å². The Balaban J connectivity index is 3.00. The van der Waals surface area contributed by atoms with E-state index in [1.807, 2.05) is 57.2 Å². The molecule has 0 fully saturated rings. The molecule has 1 atom stereocenters. The zero-order valence-electron chi connectivity index (χ0n) is 14.5. The Hall–Kier alpha value is -2.10. The average molecular weight is 317 g/mol. The van der Waals surface area contributed by atoms with Crippen molar-refractivity contribution >= 4 is 12.4 Å². The molecule has 126 valence electrons. The van der Waals surface area contributed by atoms with Gasteiger partial charge in [-0.3, -0.25) is 4.79 Å². The highest BCUT2D eigenvalue weighted by molar-refractivity contribution is 5.78. The first-order chi connectivity index (χ1) is 10.9. The van der Waals surface area contributed by atoms with Crippen molar-refractivity contribution in [2.24, 2.45) is 0 Å². The van der Waals surface area contributed by atoms with E-state index in [2.05, 4.69) is 12.2 Å². The molecule has 0 radical (unpaired) electrons. The van der Waals surface area contributed by atoms with Crippen LogP contribution >= 0.6 is 0 Å². The second kappa shape index (κ2) is 9.13. The van der Waals surface area contributed by atoms with E-state index in [9.17, 15) is 9.59 Å². The SMILES string of the molecule is CCCC/C=C(/C=O)[C@H](NC(=O)OC(C)(C)C)c1ccccc1. The number of amides is 1. The van der Waals surface area contributed by atoms with Gasteiger partial charge in [-0.25, -0.2) is 4.79 Å². The largest absolute Gasteiger partial charge is 0.444 e. The Labute approximate surface area is 138 Å². The zero-order valence-corrected chi connectivity index (χ0v) is 14.5. The smallest absolute Gasteiger partial charge is 0.408 e. The number of aldehydes is 1. The molecule has 0 saturated carbocycles. The van der Waals surface area contributed by atoms with Crippen molar-refractivity contribution in [1.82, 2.24) is 5.32 Å². The van der Waals surface area contributed by atoms with Gasteiger partial charge in [0.25, 0.3) is 0 Å². The lowest BCUT2D eigenvalue weighted by atomic mass is 9.98. The maximum Gasteiger partial charge on any atom is 0.408 e. The Morgan fingerprint density at radius 2 is 1.91 bits per heavy atom. The topological polar surface area (TPSA) is 55.4 Å². The summed E-state index contributed by atoms with van der Waals surface area (Å²) in [6.45, 7) is 7.52. The van der Waals surface area contributed by atoms with E-state index in [4.69, 9.17) is 4.74 Å². The van der Waals surface area contributed by atoms with Crippen LogP contribution in [0.1, 0.15) is 58.6 Å². The van der Waals surface area contributed by atoms with Gasteiger partial charge in [0.1, 0.15) is 11.9 Å². The highest BCUT2D eigenvalue weighted by Gasteiger charge is 2.22. The minimum Gasteiger partial charge on any atom is -0.444 e. The van der Waals surface area contributed by atoms with Gasteiger partial charge >= 0.3 is 6.09 Å². The molecule has 0 aliphatic heterocycles. The van der Waals surface area contributed by atoms with Crippen LogP contribution in [0.2, 0.25) is 0 Å². The summed E-state index contributed by atoms with van der Waals surface area (Å²) in [5.74, 6) is 0. The average Bonchev–Trinajstić information content (AvgIpc) is 2.49. The van der Waals surface area contributed by atoms with Crippen molar-refractivity contribution in [2.75, 3.05) is 0 Å². The van der Waals surface area contributed by atoms with Crippen LogP contribution in [0.15, 0.2) is 42.0 Å². The van der Waals surface area contributed by atoms with E-state index < -0.39 is 17.7 Å². The number of carbonyl (C=O) groups excluding carboxylic acids is 2. The van der Waals surface area contributed by atoms with Crippen LogP contribution in [0, 0.1) is 0 Å². The lowest BCUT2D eigenvalue weighted by Gasteiger charge is -2.24. The van der Waals surface area contributed by atoms with Crippen LogP contribution in [0.25, 0.3) is 0 Å². The van der Waals surface area contributed by atoms with Crippen LogP contribution in [0.4, 0.5) is 4.79 Å². The number of alkyl carbamates (subject to hydrolysis) is 1. The first-order valence-corrected chi connectivity index (χ1v) is 8.07. The summed E-state index contributed by atoms with van der Waals surface area (Å²) in [5, 5.41) is 2.81. The van der Waals surface area contributed by atoms with E-state index in [0.29, 0.717) is 5.57 Å². The first-order valence-electron chi connectivity index (χ1n) is 8.07. The molecule has 0 heterocycles. The second-order valence-corrected chi connectivity index (χ2v) is 6.45. The van der Waals surface area contributed by atoms with Crippen LogP contribution < -0.4 is 5.32 Å². The highest BCUT2D eigenvalue weighted by atomic mass is 16.6. The maximum atomic E-state index is 12.1. The van der Waals surface area contributed by atoms with Crippen molar-refractivity contribution in [3.05, 3.63) is 47.5 Å². The van der Waals surface area contributed by atoms with Crippen molar-refractivity contribution in [1.29, 1.82) is 0 Å². The predicted octanol–water partition coefficient (Wildman–Crippen LogP) is 4.57. The fraction of sp³-hybridized carbons (Fsp3) is 0.474. The number of ether oxygens (including phenoxy) is 1. The number of allylic oxidation sites excluding steroid dienone is 1. The highest BCUT2D eigenvalue weighted by Crippen LogP contribution is 2.22. The van der Waals surface area contributed by atoms with Gasteiger partial charge in [-0.2, -0.15) is 0 Å². The molecule has 0 unspecified atom stereocenters. The van der Waals surface area contributed by atoms with Gasteiger partial charge in [0.05, 0.1) is 6.04 Å². The Morgan fingerprint density at radius 3 is 2.43 bits per heavy atom. The number of rotatable bonds is 7. The molecule has 1 aromatic rings. The summed E-state index contributed by atoms with van der Waals surface area (Å²) >= 11 is 0. The molecular weight excluding hydrogens is 290 g/mol. The summed E-state index contributed by atoms with van der Waals surface area (Å²) in [5.41, 5.74) is 0.821. The summed E-state index contributed by atoms with van der Waals surface area (Å²) in [6, 6.07) is 8.94. The number of hydrogen-bond acceptors (Lipinski definition) is 3. The first kappa shape index (κ1) is 18.9. The Kier molecular flexibility index (Phi) is 7.52. The molecule has 0 bridgehead atoms. The summed E-state index contributed by atoms with van der Waals surface area (Å²) in [7, 11) is 0. The van der Waals surface area contributed by atoms with E-state index in [1.54, 1.807) is 0 Å². The number of nitrogens with one attached hydrogen (secondary N) is 1. The molecule has 0 spiro atoms. The molecule has 1 aromatic carbocycles. The van der Waals surface area contributed by atoms with E-state index >= 15 is 0 Å². The molecule has 1 N–H and O–H groups in total. The van der Waals surface area contributed by atoms with Crippen LogP contribution in [0.3, 0.4) is 0 Å². The summed E-state index contributed by atoms with van der Waals surface area (Å²) in [4.78, 5) is 23.6. The van der Waals surface area contributed by atoms with Gasteiger partial charge in [0.2, 0.25) is 0 Å². The van der Waals surface area contributed by atoms with Gasteiger partial charge in [0.15, 0.2) is 0 Å². The van der Waals surface area contributed by atoms with Gasteiger partial charge < -0.3 is 10.1 Å². The van der Waals surface area contributed by atoms with Crippen LogP contribution in [0.5, 0.6) is 0 Å². The third-order valence-electron chi connectivity index (χ3n) is 3.20. The fourth-order valence-electron chi connectivity index (χ4n) is 2.14. The zero-order chi connectivity index (χ0) is 17.3. The van der Waals surface area contributed by atoms with Gasteiger partial charge in [-0.15, -0.1) is 0 Å². The monoisotopic (exact) mass is 317 g/mol. The van der Waals surface area contributed by atoms with Gasteiger partial charge in [-0.1, -0.05) is 56.2 Å². The molecule has 23 heavy (non-hydrogen) atoms. The fourth-order valence-corrected chi connectivity index (χ4v) is 2.14. The number of carbonyl (C=O) groups is 2. The lowest BCUT2D eigenvalue weighted by Crippen LogP contribution is -2.36. The number of unbranched alkanes of at least 4 members (excludes halogenated alkanes) is 2. The quantitative estimate of drug-likeness (QED) is 0.455. The maximum absolute atomic E-state index is 12.1. The second-order valence-electron chi connectivity index (χ2n) is 6.45. The standard InChI is InChI=1S/C19H27NO3/c1-5-6-8-13-16(14-21)17(15-11-9-7-10-12-15)20-18(22)23-19(2,3)4/h7,9-14,17H,5-6,8H2,1-4H3,(H,20,22)/b16-13-/t17-/m1/s1. The molecule has 1 amide bonds. The minimum atomic E-state index is -0.585. The third kappa shape index (κ3) is 7.13. The normalized spacial score (nSPS) is 13.3. The number of benzene rings is 1. The van der Waals surface area contributed by atoms with Crippen molar-refractivity contribution in [3.63, 3.8) is 0 Å². The summed E-state index contributed by atoms with van der Waals surface area (Å²) < 4.78 is 5.32. The van der Waals surface area contributed by atoms with E-state index in [0.717, 1.165) is 31.1 Å². The van der Waals surface area contributed by atoms with Gasteiger partial charge in [0, 0.05) is 5.57 Å². The third-order valence-corrected chi connectivity index (χ3v) is 3.20. The van der Waals surface area contributed by atoms with E-state index in [1.165, 1.54) is 0 Å². The van der Waals surface area contributed by atoms with Crippen LogP contribution in [-0.4, -0.2) is 18.0 Å². The molecule has 0 saturated heterocycles. The predicted molar refractivity (Wildman–Crippen MR) is 92.2 cm³/mol.